The minimum atomic E-state index is 0.237. The molecule has 1 rings (SSSR count). The first-order valence-electron chi connectivity index (χ1n) is 6.62. The second kappa shape index (κ2) is 9.09. The summed E-state index contributed by atoms with van der Waals surface area (Å²) in [5, 5.41) is 3.02. The van der Waals surface area contributed by atoms with Gasteiger partial charge in [-0.2, -0.15) is 11.8 Å². The maximum atomic E-state index is 11.7. The Morgan fingerprint density at radius 1 is 1.47 bits per heavy atom. The molecule has 4 heteroatoms. The Morgan fingerprint density at radius 3 is 2.82 bits per heavy atom. The van der Waals surface area contributed by atoms with E-state index in [4.69, 9.17) is 11.6 Å². The van der Waals surface area contributed by atoms with E-state index in [0.717, 1.165) is 25.8 Å². The highest BCUT2D eigenvalue weighted by Crippen LogP contribution is 2.24. The molecule has 1 N–H and O–H groups in total. The van der Waals surface area contributed by atoms with Gasteiger partial charge in [-0.3, -0.25) is 4.79 Å². The molecule has 1 amide bonds. The van der Waals surface area contributed by atoms with Crippen LogP contribution in [-0.2, 0) is 4.79 Å². The lowest BCUT2D eigenvalue weighted by atomic mass is 9.98. The van der Waals surface area contributed by atoms with Gasteiger partial charge in [0.2, 0.25) is 5.91 Å². The zero-order valence-corrected chi connectivity index (χ0v) is 12.3. The molecule has 1 saturated heterocycles. The Balaban J connectivity index is 2.00. The monoisotopic (exact) mass is 277 g/mol. The number of alkyl halides is 1. The van der Waals surface area contributed by atoms with Crippen molar-refractivity contribution in [1.82, 2.24) is 5.32 Å². The molecule has 0 spiro atoms. The number of halogens is 1. The van der Waals surface area contributed by atoms with Crippen LogP contribution in [0.2, 0.25) is 0 Å². The summed E-state index contributed by atoms with van der Waals surface area (Å²) in [6, 6.07) is 0. The summed E-state index contributed by atoms with van der Waals surface area (Å²) < 4.78 is 0. The molecule has 1 atom stereocenters. The summed E-state index contributed by atoms with van der Waals surface area (Å²) in [7, 11) is 0. The van der Waals surface area contributed by atoms with Crippen LogP contribution in [0.25, 0.3) is 0 Å². The van der Waals surface area contributed by atoms with Crippen LogP contribution in [-0.4, -0.2) is 29.8 Å². The quantitative estimate of drug-likeness (QED) is 0.571. The molecule has 1 aliphatic rings. The number of carbonyl (C=O) groups excluding carboxylic acids is 1. The smallest absolute Gasteiger partial charge is 0.220 e. The van der Waals surface area contributed by atoms with Gasteiger partial charge < -0.3 is 5.32 Å². The lowest BCUT2D eigenvalue weighted by molar-refractivity contribution is -0.122. The summed E-state index contributed by atoms with van der Waals surface area (Å²) in [6.07, 6.45) is 5.29. The predicted octanol–water partition coefficient (Wildman–Crippen LogP) is 3.29. The van der Waals surface area contributed by atoms with Gasteiger partial charge in [0.1, 0.15) is 0 Å². The van der Waals surface area contributed by atoms with Gasteiger partial charge in [-0.25, -0.2) is 0 Å². The van der Waals surface area contributed by atoms with Gasteiger partial charge in [0.05, 0.1) is 0 Å². The lowest BCUT2D eigenvalue weighted by Crippen LogP contribution is -2.27. The first-order valence-corrected chi connectivity index (χ1v) is 8.31. The number of hydrogen-bond acceptors (Lipinski definition) is 2. The van der Waals surface area contributed by atoms with Crippen molar-refractivity contribution >= 4 is 29.3 Å². The molecule has 0 bridgehead atoms. The summed E-state index contributed by atoms with van der Waals surface area (Å²) in [5.74, 6) is 4.59. The van der Waals surface area contributed by atoms with Gasteiger partial charge in [-0.15, -0.1) is 11.6 Å². The maximum absolute atomic E-state index is 11.7. The van der Waals surface area contributed by atoms with Crippen LogP contribution in [0.1, 0.15) is 39.0 Å². The number of thioether (sulfide) groups is 1. The van der Waals surface area contributed by atoms with Crippen molar-refractivity contribution in [1.29, 1.82) is 0 Å². The zero-order valence-electron chi connectivity index (χ0n) is 10.7. The minimum absolute atomic E-state index is 0.237. The van der Waals surface area contributed by atoms with E-state index in [9.17, 15) is 4.79 Å². The van der Waals surface area contributed by atoms with E-state index in [1.54, 1.807) is 0 Å². The van der Waals surface area contributed by atoms with Gasteiger partial charge in [0.25, 0.3) is 0 Å². The first-order chi connectivity index (χ1) is 8.22. The Bertz CT molecular complexity index is 219. The fourth-order valence-corrected chi connectivity index (χ4v) is 3.40. The average molecular weight is 278 g/mol. The molecule has 1 heterocycles. The molecule has 1 unspecified atom stereocenters. The molecule has 0 aromatic carbocycles. The van der Waals surface area contributed by atoms with Gasteiger partial charge in [-0.05, 0) is 49.0 Å². The number of nitrogens with one attached hydrogen (secondary N) is 1. The summed E-state index contributed by atoms with van der Waals surface area (Å²) in [6.45, 7) is 2.95. The third-order valence-corrected chi connectivity index (χ3v) is 4.85. The molecule has 2 nitrogen and oxygen atoms in total. The van der Waals surface area contributed by atoms with E-state index in [-0.39, 0.29) is 5.91 Å². The normalized spacial score (nSPS) is 18.9. The third kappa shape index (κ3) is 7.20. The van der Waals surface area contributed by atoms with Crippen LogP contribution in [0.4, 0.5) is 0 Å². The highest BCUT2D eigenvalue weighted by atomic mass is 35.5. The van der Waals surface area contributed by atoms with Gasteiger partial charge in [0, 0.05) is 18.8 Å². The van der Waals surface area contributed by atoms with Crippen LogP contribution in [0.3, 0.4) is 0 Å². The van der Waals surface area contributed by atoms with E-state index in [2.05, 4.69) is 12.2 Å². The first kappa shape index (κ1) is 15.2. The van der Waals surface area contributed by atoms with Crippen LogP contribution < -0.4 is 5.32 Å². The van der Waals surface area contributed by atoms with Crippen molar-refractivity contribution in [3.8, 4) is 0 Å². The number of hydrogen-bond donors (Lipinski definition) is 1. The molecule has 0 saturated carbocycles. The summed E-state index contributed by atoms with van der Waals surface area (Å²) >= 11 is 7.74. The number of carbonyl (C=O) groups is 1. The largest absolute Gasteiger partial charge is 0.356 e. The molecule has 1 aliphatic heterocycles. The Labute approximate surface area is 114 Å². The molecule has 17 heavy (non-hydrogen) atoms. The second-order valence-electron chi connectivity index (χ2n) is 5.01. The van der Waals surface area contributed by atoms with E-state index >= 15 is 0 Å². The Morgan fingerprint density at radius 2 is 2.18 bits per heavy atom. The number of rotatable bonds is 7. The highest BCUT2D eigenvalue weighted by Gasteiger charge is 2.16. The van der Waals surface area contributed by atoms with Crippen LogP contribution in [0.5, 0.6) is 0 Å². The number of amides is 1. The molecule has 0 aromatic heterocycles. The average Bonchev–Trinajstić information content (AvgIpc) is 2.35. The van der Waals surface area contributed by atoms with Crippen LogP contribution in [0, 0.1) is 11.8 Å². The predicted molar refractivity (Wildman–Crippen MR) is 76.8 cm³/mol. The topological polar surface area (TPSA) is 29.1 Å². The van der Waals surface area contributed by atoms with E-state index < -0.39 is 0 Å². The highest BCUT2D eigenvalue weighted by molar-refractivity contribution is 7.99. The lowest BCUT2D eigenvalue weighted by Gasteiger charge is -2.20. The van der Waals surface area contributed by atoms with E-state index in [1.807, 2.05) is 11.8 Å². The standard InChI is InChI=1S/C13H24ClNOS/c1-11(10-14)3-2-6-15-13(16)9-12-4-7-17-8-5-12/h11-12H,2-10H2,1H3,(H,15,16). The van der Waals surface area contributed by atoms with Crippen molar-refractivity contribution in [2.24, 2.45) is 11.8 Å². The molecular weight excluding hydrogens is 254 g/mol. The van der Waals surface area contributed by atoms with Crippen LogP contribution in [0.15, 0.2) is 0 Å². The summed E-state index contributed by atoms with van der Waals surface area (Å²) in [4.78, 5) is 11.7. The van der Waals surface area contributed by atoms with Gasteiger partial charge >= 0.3 is 0 Å². The van der Waals surface area contributed by atoms with E-state index in [0.29, 0.717) is 17.7 Å². The second-order valence-corrected chi connectivity index (χ2v) is 6.54. The van der Waals surface area contributed by atoms with Crippen molar-refractivity contribution in [2.45, 2.75) is 39.0 Å². The SMILES string of the molecule is CC(CCl)CCCNC(=O)CC1CCSCC1. The summed E-state index contributed by atoms with van der Waals surface area (Å²) in [5.41, 5.74) is 0. The molecule has 100 valence electrons. The fraction of sp³-hybridized carbons (Fsp3) is 0.923. The van der Waals surface area contributed by atoms with E-state index in [1.165, 1.54) is 24.3 Å². The third-order valence-electron chi connectivity index (χ3n) is 3.27. The molecule has 0 radical (unpaired) electrons. The molecular formula is C13H24ClNOS. The Kier molecular flexibility index (Phi) is 8.12. The van der Waals surface area contributed by atoms with Crippen molar-refractivity contribution in [3.63, 3.8) is 0 Å². The van der Waals surface area contributed by atoms with Crippen molar-refractivity contribution in [3.05, 3.63) is 0 Å². The molecule has 1 fully saturated rings. The molecule has 0 aromatic rings. The molecule has 0 aliphatic carbocycles. The van der Waals surface area contributed by atoms with Gasteiger partial charge in [0.15, 0.2) is 0 Å². The fourth-order valence-electron chi connectivity index (χ4n) is 2.04. The zero-order chi connectivity index (χ0) is 12.5. The Hall–Kier alpha value is 0.110. The van der Waals surface area contributed by atoms with Crippen molar-refractivity contribution < 1.29 is 4.79 Å². The van der Waals surface area contributed by atoms with Gasteiger partial charge in [-0.1, -0.05) is 6.92 Å². The van der Waals surface area contributed by atoms with Crippen molar-refractivity contribution in [2.75, 3.05) is 23.9 Å². The minimum Gasteiger partial charge on any atom is -0.356 e. The maximum Gasteiger partial charge on any atom is 0.220 e. The van der Waals surface area contributed by atoms with Crippen LogP contribution >= 0.6 is 23.4 Å².